The molecule has 0 bridgehead atoms. The number of aliphatic carboxylic acids is 1. The lowest BCUT2D eigenvalue weighted by molar-refractivity contribution is -0.147. The fraction of sp³-hybridized carbons (Fsp3) is 0.511. The molecule has 300 valence electrons. The van der Waals surface area contributed by atoms with Gasteiger partial charge in [0.15, 0.2) is 0 Å². The average Bonchev–Trinajstić information content (AvgIpc) is 3.17. The second-order valence-corrected chi connectivity index (χ2v) is 15.3. The number of anilines is 1. The number of hydrogen-bond donors (Lipinski definition) is 3. The number of carbonyl (C=O) groups is 3. The van der Waals surface area contributed by atoms with Crippen molar-refractivity contribution in [2.24, 2.45) is 5.41 Å². The zero-order chi connectivity index (χ0) is 39.6. The van der Waals surface area contributed by atoms with E-state index in [-0.39, 0.29) is 25.7 Å². The van der Waals surface area contributed by atoms with Crippen molar-refractivity contribution in [3.8, 4) is 0 Å². The first-order valence-corrected chi connectivity index (χ1v) is 20.5. The third-order valence-electron chi connectivity index (χ3n) is 9.83. The van der Waals surface area contributed by atoms with Gasteiger partial charge in [0.25, 0.3) is 0 Å². The fourth-order valence-corrected chi connectivity index (χ4v) is 6.51. The van der Waals surface area contributed by atoms with Crippen molar-refractivity contribution in [3.05, 3.63) is 114 Å². The molecule has 0 saturated heterocycles. The van der Waals surface area contributed by atoms with E-state index in [9.17, 15) is 19.5 Å². The van der Waals surface area contributed by atoms with Crippen molar-refractivity contribution in [1.82, 2.24) is 5.32 Å². The van der Waals surface area contributed by atoms with Gasteiger partial charge in [-0.25, -0.2) is 0 Å². The standard InChI is InChI=1S/C47H66N2O6/c1-4-5-6-7-8-9-10-11-12-13-14-15-16-17-24-29-43(50)49-41-32-30-40(31-33-41)42(46(52)53)34-48-45(51)44(55-36-39-27-22-19-23-28-39)47(2,3)37-54-35-38-25-20-18-21-26-38/h11-12,18-23,25-28,30-33,42,44H,4-10,13-17,24,29,34-37H2,1-3H3,(H,48,51)(H,49,50)(H,52,53). The molecule has 0 aliphatic heterocycles. The van der Waals surface area contributed by atoms with Crippen LogP contribution in [0.2, 0.25) is 0 Å². The second-order valence-electron chi connectivity index (χ2n) is 15.3. The maximum absolute atomic E-state index is 13.7. The van der Waals surface area contributed by atoms with Gasteiger partial charge < -0.3 is 25.2 Å². The molecule has 2 unspecified atom stereocenters. The number of allylic oxidation sites excluding steroid dienone is 2. The number of amides is 2. The van der Waals surface area contributed by atoms with Gasteiger partial charge in [-0.05, 0) is 60.9 Å². The van der Waals surface area contributed by atoms with Crippen molar-refractivity contribution in [2.75, 3.05) is 18.5 Å². The van der Waals surface area contributed by atoms with E-state index in [1.165, 1.54) is 57.8 Å². The van der Waals surface area contributed by atoms with Crippen molar-refractivity contribution in [1.29, 1.82) is 0 Å². The Hall–Kier alpha value is -4.27. The lowest BCUT2D eigenvalue weighted by Crippen LogP contribution is -2.48. The lowest BCUT2D eigenvalue weighted by atomic mass is 9.86. The van der Waals surface area contributed by atoms with Gasteiger partial charge in [0.2, 0.25) is 11.8 Å². The van der Waals surface area contributed by atoms with Crippen LogP contribution >= 0.6 is 0 Å². The van der Waals surface area contributed by atoms with Crippen LogP contribution in [0.1, 0.15) is 133 Å². The summed E-state index contributed by atoms with van der Waals surface area (Å²) in [6.45, 7) is 6.81. The summed E-state index contributed by atoms with van der Waals surface area (Å²) in [6, 6.07) is 26.2. The van der Waals surface area contributed by atoms with Gasteiger partial charge in [-0.15, -0.1) is 0 Å². The van der Waals surface area contributed by atoms with Crippen LogP contribution < -0.4 is 10.6 Å². The predicted octanol–water partition coefficient (Wildman–Crippen LogP) is 10.8. The molecular weight excluding hydrogens is 689 g/mol. The van der Waals surface area contributed by atoms with Gasteiger partial charge >= 0.3 is 5.97 Å². The van der Waals surface area contributed by atoms with Crippen molar-refractivity contribution >= 4 is 23.5 Å². The molecule has 3 N–H and O–H groups in total. The quantitative estimate of drug-likeness (QED) is 0.0480. The molecule has 0 radical (unpaired) electrons. The fourth-order valence-electron chi connectivity index (χ4n) is 6.51. The number of nitrogens with one attached hydrogen (secondary N) is 2. The molecule has 0 saturated carbocycles. The van der Waals surface area contributed by atoms with Crippen LogP contribution in [0.5, 0.6) is 0 Å². The van der Waals surface area contributed by atoms with Gasteiger partial charge in [-0.2, -0.15) is 0 Å². The van der Waals surface area contributed by atoms with E-state index < -0.39 is 29.3 Å². The summed E-state index contributed by atoms with van der Waals surface area (Å²) < 4.78 is 12.2. The van der Waals surface area contributed by atoms with Crippen molar-refractivity contribution < 1.29 is 29.0 Å². The molecule has 8 nitrogen and oxygen atoms in total. The third-order valence-corrected chi connectivity index (χ3v) is 9.83. The zero-order valence-corrected chi connectivity index (χ0v) is 33.6. The summed E-state index contributed by atoms with van der Waals surface area (Å²) >= 11 is 0. The minimum absolute atomic E-state index is 0.0515. The summed E-state index contributed by atoms with van der Waals surface area (Å²) in [4.78, 5) is 38.7. The number of carbonyl (C=O) groups excluding carboxylic acids is 2. The molecule has 0 spiro atoms. The second kappa shape index (κ2) is 26.5. The Bertz CT molecular complexity index is 1520. The summed E-state index contributed by atoms with van der Waals surface area (Å²) in [5.74, 6) is -2.51. The molecule has 0 fully saturated rings. The largest absolute Gasteiger partial charge is 0.481 e. The van der Waals surface area contributed by atoms with Crippen LogP contribution in [0.15, 0.2) is 97.1 Å². The molecule has 2 atom stereocenters. The molecule has 0 aromatic heterocycles. The van der Waals surface area contributed by atoms with E-state index in [4.69, 9.17) is 9.47 Å². The summed E-state index contributed by atoms with van der Waals surface area (Å²) in [5, 5.41) is 15.9. The van der Waals surface area contributed by atoms with Crippen LogP contribution in [0, 0.1) is 5.41 Å². The maximum Gasteiger partial charge on any atom is 0.312 e. The molecule has 0 aliphatic carbocycles. The van der Waals surface area contributed by atoms with E-state index in [1.807, 2.05) is 74.5 Å². The Morgan fingerprint density at radius 3 is 1.84 bits per heavy atom. The van der Waals surface area contributed by atoms with Gasteiger partial charge in [-0.3, -0.25) is 14.4 Å². The molecule has 55 heavy (non-hydrogen) atoms. The first-order valence-electron chi connectivity index (χ1n) is 20.5. The van der Waals surface area contributed by atoms with E-state index in [1.54, 1.807) is 24.3 Å². The summed E-state index contributed by atoms with van der Waals surface area (Å²) in [5.41, 5.74) is 2.36. The molecule has 3 aromatic rings. The highest BCUT2D eigenvalue weighted by Crippen LogP contribution is 2.27. The topological polar surface area (TPSA) is 114 Å². The SMILES string of the molecule is CCCCCCCCC=CCCCCCCCC(=O)Nc1ccc(C(CNC(=O)C(OCc2ccccc2)C(C)(C)COCc2ccccc2)C(=O)O)cc1. The van der Waals surface area contributed by atoms with E-state index in [0.29, 0.717) is 24.3 Å². The Kier molecular flexibility index (Phi) is 21.8. The van der Waals surface area contributed by atoms with Crippen molar-refractivity contribution in [2.45, 2.75) is 136 Å². The third kappa shape index (κ3) is 18.8. The first kappa shape index (κ1) is 45.1. The monoisotopic (exact) mass is 754 g/mol. The van der Waals surface area contributed by atoms with E-state index in [0.717, 1.165) is 36.8 Å². The number of hydrogen-bond acceptors (Lipinski definition) is 5. The Morgan fingerprint density at radius 2 is 1.25 bits per heavy atom. The number of benzene rings is 3. The highest BCUT2D eigenvalue weighted by molar-refractivity contribution is 5.90. The Labute approximate surface area is 330 Å². The molecular formula is C47H66N2O6. The average molecular weight is 755 g/mol. The molecule has 3 rings (SSSR count). The zero-order valence-electron chi connectivity index (χ0n) is 33.6. The molecule has 0 aliphatic rings. The maximum atomic E-state index is 13.7. The van der Waals surface area contributed by atoms with Gasteiger partial charge in [-0.1, -0.05) is 157 Å². The van der Waals surface area contributed by atoms with Gasteiger partial charge in [0.1, 0.15) is 6.10 Å². The van der Waals surface area contributed by atoms with Crippen molar-refractivity contribution in [3.63, 3.8) is 0 Å². The summed E-state index contributed by atoms with van der Waals surface area (Å²) in [6.07, 6.45) is 19.9. The molecule has 0 heterocycles. The van der Waals surface area contributed by atoms with Crippen LogP contribution in [-0.2, 0) is 37.1 Å². The van der Waals surface area contributed by atoms with Gasteiger partial charge in [0.05, 0.1) is 25.7 Å². The van der Waals surface area contributed by atoms with E-state index in [2.05, 4.69) is 29.7 Å². The predicted molar refractivity (Wildman–Crippen MR) is 223 cm³/mol. The molecule has 8 heteroatoms. The molecule has 3 aromatic carbocycles. The number of rotatable bonds is 29. The van der Waals surface area contributed by atoms with Crippen LogP contribution in [0.4, 0.5) is 5.69 Å². The van der Waals surface area contributed by atoms with Crippen LogP contribution in [0.3, 0.4) is 0 Å². The number of unbranched alkanes of at least 4 members (excludes halogenated alkanes) is 11. The number of carboxylic acid groups (broad SMARTS) is 1. The highest BCUT2D eigenvalue weighted by Gasteiger charge is 2.37. The van der Waals surface area contributed by atoms with Gasteiger partial charge in [0, 0.05) is 24.1 Å². The number of carboxylic acids is 1. The highest BCUT2D eigenvalue weighted by atomic mass is 16.5. The minimum Gasteiger partial charge on any atom is -0.481 e. The Morgan fingerprint density at radius 1 is 0.709 bits per heavy atom. The van der Waals surface area contributed by atoms with Crippen LogP contribution in [-0.4, -0.2) is 42.1 Å². The Balaban J connectivity index is 1.42. The summed E-state index contributed by atoms with van der Waals surface area (Å²) in [7, 11) is 0. The van der Waals surface area contributed by atoms with Crippen LogP contribution in [0.25, 0.3) is 0 Å². The minimum atomic E-state index is -1.06. The van der Waals surface area contributed by atoms with E-state index >= 15 is 0 Å². The number of ether oxygens (including phenoxy) is 2. The normalized spacial score (nSPS) is 12.7. The molecule has 2 amide bonds. The first-order chi connectivity index (χ1) is 26.7. The smallest absolute Gasteiger partial charge is 0.312 e. The lowest BCUT2D eigenvalue weighted by Gasteiger charge is -2.33.